The number of nitrogens with zero attached hydrogens (tertiary/aromatic N) is 2. The average Bonchev–Trinajstić information content (AvgIpc) is 3.11. The van der Waals surface area contributed by atoms with Crippen molar-refractivity contribution in [1.29, 1.82) is 0 Å². The van der Waals surface area contributed by atoms with Crippen molar-refractivity contribution in [2.45, 2.75) is 32.9 Å². The number of aliphatic carboxylic acids is 1. The van der Waals surface area contributed by atoms with Crippen LogP contribution in [0.15, 0.2) is 57.5 Å². The number of carbonyl (C=O) groups is 2. The smallest absolute Gasteiger partial charge is 0.341 e. The molecular weight excluding hydrogens is 575 g/mol. The van der Waals surface area contributed by atoms with Gasteiger partial charge in [0.15, 0.2) is 17.2 Å². The molecule has 0 fully saturated rings. The fourth-order valence-electron chi connectivity index (χ4n) is 3.91. The van der Waals surface area contributed by atoms with Gasteiger partial charge in [-0.05, 0) is 62.2 Å². The summed E-state index contributed by atoms with van der Waals surface area (Å²) in [6.45, 7) is 4.58. The first-order valence-electron chi connectivity index (χ1n) is 11.3. The van der Waals surface area contributed by atoms with Crippen LogP contribution < -0.4 is 19.6 Å². The second kappa shape index (κ2) is 11.3. The molecule has 1 aromatic heterocycles. The first-order chi connectivity index (χ1) is 18.0. The maximum atomic E-state index is 13.7. The number of aromatic nitrogens is 1. The molecule has 1 atom stereocenters. The topological polar surface area (TPSA) is 107 Å². The van der Waals surface area contributed by atoms with Gasteiger partial charge in [-0.1, -0.05) is 58.3 Å². The van der Waals surface area contributed by atoms with Gasteiger partial charge in [0.2, 0.25) is 0 Å². The highest BCUT2D eigenvalue weighted by Crippen LogP contribution is 2.35. The van der Waals surface area contributed by atoms with Crippen molar-refractivity contribution in [3.8, 4) is 5.75 Å². The molecule has 0 amide bonds. The summed E-state index contributed by atoms with van der Waals surface area (Å²) in [7, 11) is 0. The lowest BCUT2D eigenvalue weighted by molar-refractivity contribution is -0.143. The van der Waals surface area contributed by atoms with Crippen LogP contribution >= 0.6 is 46.1 Å². The van der Waals surface area contributed by atoms with Gasteiger partial charge >= 0.3 is 11.9 Å². The third kappa shape index (κ3) is 5.81. The molecule has 2 heterocycles. The molecule has 1 unspecified atom stereocenters. The number of carboxylic acid groups (broad SMARTS) is 1. The number of ether oxygens (including phenoxy) is 2. The van der Waals surface area contributed by atoms with Gasteiger partial charge in [0.25, 0.3) is 5.56 Å². The predicted molar refractivity (Wildman–Crippen MR) is 146 cm³/mol. The van der Waals surface area contributed by atoms with E-state index in [1.807, 2.05) is 0 Å². The molecule has 0 aliphatic carbocycles. The van der Waals surface area contributed by atoms with E-state index >= 15 is 0 Å². The summed E-state index contributed by atoms with van der Waals surface area (Å²) in [4.78, 5) is 42.6. The molecule has 0 bridgehead atoms. The molecule has 1 aliphatic rings. The normalized spacial score (nSPS) is 15.3. The summed E-state index contributed by atoms with van der Waals surface area (Å²) in [5.41, 5.74) is 1.47. The minimum Gasteiger partial charge on any atom is -0.479 e. The number of allylic oxidation sites excluding steroid dienone is 1. The van der Waals surface area contributed by atoms with Crippen LogP contribution in [0, 0.1) is 0 Å². The lowest BCUT2D eigenvalue weighted by Crippen LogP contribution is -2.40. The second-order valence-corrected chi connectivity index (χ2v) is 10.8. The Kier molecular flexibility index (Phi) is 8.32. The van der Waals surface area contributed by atoms with Crippen LogP contribution in [0.2, 0.25) is 15.1 Å². The molecule has 1 N–H and O–H groups in total. The first kappa shape index (κ1) is 27.9. The van der Waals surface area contributed by atoms with Crippen LogP contribution in [0.1, 0.15) is 37.9 Å². The van der Waals surface area contributed by atoms with Crippen molar-refractivity contribution in [3.05, 3.63) is 93.6 Å². The summed E-state index contributed by atoms with van der Waals surface area (Å²) >= 11 is 19.8. The van der Waals surface area contributed by atoms with Crippen molar-refractivity contribution in [2.75, 3.05) is 6.61 Å². The zero-order valence-electron chi connectivity index (χ0n) is 20.3. The molecule has 1 aliphatic heterocycles. The monoisotopic (exact) mass is 594 g/mol. The van der Waals surface area contributed by atoms with Gasteiger partial charge in [-0.25, -0.2) is 14.6 Å². The fraction of sp³-hybridized carbons (Fsp3) is 0.231. The van der Waals surface area contributed by atoms with Crippen molar-refractivity contribution in [2.24, 2.45) is 4.99 Å². The van der Waals surface area contributed by atoms with Gasteiger partial charge in [-0.3, -0.25) is 9.36 Å². The first-order valence-corrected chi connectivity index (χ1v) is 13.2. The Labute approximate surface area is 236 Å². The number of esters is 1. The van der Waals surface area contributed by atoms with E-state index in [-0.39, 0.29) is 33.0 Å². The van der Waals surface area contributed by atoms with E-state index in [0.29, 0.717) is 31.2 Å². The minimum atomic E-state index is -1.18. The summed E-state index contributed by atoms with van der Waals surface area (Å²) < 4.78 is 12.4. The molecule has 2 aromatic carbocycles. The minimum absolute atomic E-state index is 0.0287. The fourth-order valence-corrected chi connectivity index (χ4v) is 5.69. The molecule has 8 nitrogen and oxygen atoms in total. The highest BCUT2D eigenvalue weighted by molar-refractivity contribution is 7.07. The van der Waals surface area contributed by atoms with Crippen LogP contribution in [0.25, 0.3) is 6.08 Å². The number of thiazole rings is 1. The molecule has 38 heavy (non-hydrogen) atoms. The standard InChI is InChI=1S/C26H21Cl3N2O6S/c1-12(2)37-25(35)21-13(3)30-26-31(22(21)15-4-6-16(27)7-5-15)24(34)19(38-26)10-14-8-17(28)23(18(29)9-14)36-11-20(32)33/h4-10,12,22H,11H2,1-3H3,(H,32,33)/b19-10-. The van der Waals surface area contributed by atoms with Crippen molar-refractivity contribution in [3.63, 3.8) is 0 Å². The van der Waals surface area contributed by atoms with Crippen LogP contribution in [-0.2, 0) is 14.3 Å². The van der Waals surface area contributed by atoms with E-state index in [2.05, 4.69) is 4.99 Å². The SMILES string of the molecule is CC1=C(C(=O)OC(C)C)C(c2ccc(Cl)cc2)n2c(s/c(=C\c3cc(Cl)c(OCC(=O)O)c(Cl)c3)c2=O)=N1. The van der Waals surface area contributed by atoms with Crippen LogP contribution in [0.4, 0.5) is 0 Å². The maximum Gasteiger partial charge on any atom is 0.341 e. The van der Waals surface area contributed by atoms with E-state index in [4.69, 9.17) is 49.4 Å². The van der Waals surface area contributed by atoms with Crippen molar-refractivity contribution in [1.82, 2.24) is 4.57 Å². The second-order valence-electron chi connectivity index (χ2n) is 8.58. The number of benzene rings is 2. The van der Waals surface area contributed by atoms with Gasteiger partial charge in [0.1, 0.15) is 0 Å². The van der Waals surface area contributed by atoms with E-state index in [1.165, 1.54) is 16.7 Å². The largest absolute Gasteiger partial charge is 0.479 e. The van der Waals surface area contributed by atoms with E-state index in [0.717, 1.165) is 11.3 Å². The lowest BCUT2D eigenvalue weighted by atomic mass is 9.96. The quantitative estimate of drug-likeness (QED) is 0.400. The molecule has 198 valence electrons. The molecule has 0 saturated heterocycles. The van der Waals surface area contributed by atoms with Crippen LogP contribution in [-0.4, -0.2) is 34.3 Å². The number of hydrogen-bond donors (Lipinski definition) is 1. The number of rotatable bonds is 7. The average molecular weight is 596 g/mol. The van der Waals surface area contributed by atoms with E-state index in [1.54, 1.807) is 51.1 Å². The summed E-state index contributed by atoms with van der Waals surface area (Å²) in [5.74, 6) is -1.71. The van der Waals surface area contributed by atoms with Crippen LogP contribution in [0.3, 0.4) is 0 Å². The number of carbonyl (C=O) groups excluding carboxylic acids is 1. The number of carboxylic acids is 1. The van der Waals surface area contributed by atoms with Gasteiger partial charge < -0.3 is 14.6 Å². The number of hydrogen-bond acceptors (Lipinski definition) is 7. The molecule has 0 saturated carbocycles. The third-order valence-corrected chi connectivity index (χ3v) is 7.22. The molecule has 0 spiro atoms. The van der Waals surface area contributed by atoms with Crippen molar-refractivity contribution >= 4 is 64.2 Å². The molecule has 3 aromatic rings. The lowest BCUT2D eigenvalue weighted by Gasteiger charge is -2.25. The summed E-state index contributed by atoms with van der Waals surface area (Å²) in [5, 5.41) is 9.54. The van der Waals surface area contributed by atoms with Gasteiger partial charge in [-0.15, -0.1) is 0 Å². The Morgan fingerprint density at radius 1 is 1.16 bits per heavy atom. The summed E-state index contributed by atoms with van der Waals surface area (Å²) in [6.07, 6.45) is 1.22. The van der Waals surface area contributed by atoms with E-state index in [9.17, 15) is 14.4 Å². The van der Waals surface area contributed by atoms with Gasteiger partial charge in [-0.2, -0.15) is 0 Å². The Morgan fingerprint density at radius 2 is 1.79 bits per heavy atom. The van der Waals surface area contributed by atoms with Crippen molar-refractivity contribution < 1.29 is 24.2 Å². The van der Waals surface area contributed by atoms with E-state index < -0.39 is 24.6 Å². The molecule has 12 heteroatoms. The Balaban J connectivity index is 1.86. The Hall–Kier alpha value is -3.11. The van der Waals surface area contributed by atoms with Crippen LogP contribution in [0.5, 0.6) is 5.75 Å². The predicted octanol–water partition coefficient (Wildman–Crippen LogP) is 4.61. The zero-order chi connectivity index (χ0) is 27.7. The zero-order valence-corrected chi connectivity index (χ0v) is 23.4. The Morgan fingerprint density at radius 3 is 2.37 bits per heavy atom. The highest BCUT2D eigenvalue weighted by atomic mass is 35.5. The molecule has 4 rings (SSSR count). The molecule has 0 radical (unpaired) electrons. The van der Waals surface area contributed by atoms with Gasteiger partial charge in [0.05, 0.1) is 38.0 Å². The number of fused-ring (bicyclic) bond motifs is 1. The summed E-state index contributed by atoms with van der Waals surface area (Å²) in [6, 6.07) is 9.11. The third-order valence-electron chi connectivity index (χ3n) is 5.43. The van der Waals surface area contributed by atoms with Gasteiger partial charge in [0, 0.05) is 5.02 Å². The molecular formula is C26H21Cl3N2O6S. The number of halogens is 3. The highest BCUT2D eigenvalue weighted by Gasteiger charge is 2.33. The maximum absolute atomic E-state index is 13.7. The Bertz CT molecular complexity index is 1620.